The summed E-state index contributed by atoms with van der Waals surface area (Å²) in [5.74, 6) is 0. The fourth-order valence-corrected chi connectivity index (χ4v) is 1.98. The van der Waals surface area contributed by atoms with Gasteiger partial charge in [0.15, 0.2) is 6.29 Å². The number of ether oxygens (including phenoxy) is 2. The van der Waals surface area contributed by atoms with Gasteiger partial charge in [-0.3, -0.25) is 4.79 Å². The van der Waals surface area contributed by atoms with Gasteiger partial charge in [-0.2, -0.15) is 0 Å². The monoisotopic (exact) mass is 278 g/mol. The fourth-order valence-electron chi connectivity index (χ4n) is 1.98. The Hall–Kier alpha value is -1.68. The zero-order valence-corrected chi connectivity index (χ0v) is 11.9. The van der Waals surface area contributed by atoms with E-state index < -0.39 is 12.2 Å². The lowest BCUT2D eigenvalue weighted by Gasteiger charge is -2.21. The second-order valence-corrected chi connectivity index (χ2v) is 4.66. The van der Waals surface area contributed by atoms with Crippen molar-refractivity contribution in [3.05, 3.63) is 35.9 Å². The Balaban J connectivity index is 2.51. The largest absolute Gasteiger partial charge is 0.461 e. The summed E-state index contributed by atoms with van der Waals surface area (Å²) in [6, 6.07) is 9.59. The van der Waals surface area contributed by atoms with Crippen LogP contribution in [0, 0.1) is 0 Å². The topological polar surface area (TPSA) is 52.6 Å². The van der Waals surface area contributed by atoms with Gasteiger partial charge in [-0.1, -0.05) is 50.1 Å². The van der Waals surface area contributed by atoms with Gasteiger partial charge in [-0.25, -0.2) is 0 Å². The first-order valence-electron chi connectivity index (χ1n) is 7.01. The molecule has 0 aliphatic carbocycles. The SMILES string of the molecule is CCCCC[C@H](OC=O)[C@@H](C=O)OCc1ccccc1. The quantitative estimate of drug-likeness (QED) is 0.461. The number of hydrogen-bond donors (Lipinski definition) is 0. The van der Waals surface area contributed by atoms with Crippen molar-refractivity contribution in [1.82, 2.24) is 0 Å². The van der Waals surface area contributed by atoms with Gasteiger partial charge in [0, 0.05) is 0 Å². The highest BCUT2D eigenvalue weighted by atomic mass is 16.6. The van der Waals surface area contributed by atoms with E-state index in [1.807, 2.05) is 30.3 Å². The minimum absolute atomic E-state index is 0.330. The summed E-state index contributed by atoms with van der Waals surface area (Å²) in [5, 5.41) is 0. The maximum atomic E-state index is 11.2. The molecule has 1 rings (SSSR count). The Morgan fingerprint density at radius 3 is 2.50 bits per heavy atom. The molecule has 0 aliphatic heterocycles. The molecule has 0 aliphatic rings. The molecule has 0 spiro atoms. The minimum atomic E-state index is -0.711. The average Bonchev–Trinajstić information content (AvgIpc) is 2.49. The number of benzene rings is 1. The van der Waals surface area contributed by atoms with E-state index in [4.69, 9.17) is 9.47 Å². The third kappa shape index (κ3) is 5.97. The van der Waals surface area contributed by atoms with E-state index in [0.29, 0.717) is 25.8 Å². The molecule has 110 valence electrons. The van der Waals surface area contributed by atoms with Gasteiger partial charge in [0.05, 0.1) is 6.61 Å². The van der Waals surface area contributed by atoms with E-state index in [0.717, 1.165) is 24.8 Å². The zero-order chi connectivity index (χ0) is 14.6. The van der Waals surface area contributed by atoms with Crippen LogP contribution in [0.2, 0.25) is 0 Å². The van der Waals surface area contributed by atoms with Gasteiger partial charge in [-0.15, -0.1) is 0 Å². The summed E-state index contributed by atoms with van der Waals surface area (Å²) in [4.78, 5) is 21.7. The molecule has 0 unspecified atom stereocenters. The van der Waals surface area contributed by atoms with Crippen molar-refractivity contribution in [2.45, 2.75) is 51.4 Å². The molecular weight excluding hydrogens is 256 g/mol. The zero-order valence-electron chi connectivity index (χ0n) is 11.9. The van der Waals surface area contributed by atoms with Gasteiger partial charge >= 0.3 is 0 Å². The van der Waals surface area contributed by atoms with E-state index >= 15 is 0 Å². The number of carbonyl (C=O) groups is 2. The Morgan fingerprint density at radius 1 is 1.15 bits per heavy atom. The number of hydrogen-bond acceptors (Lipinski definition) is 4. The van der Waals surface area contributed by atoms with E-state index in [1.165, 1.54) is 0 Å². The molecular formula is C16H22O4. The number of carbonyl (C=O) groups excluding carboxylic acids is 2. The maximum absolute atomic E-state index is 11.2. The first kappa shape index (κ1) is 16.4. The molecule has 1 aromatic carbocycles. The van der Waals surface area contributed by atoms with Gasteiger partial charge in [0.2, 0.25) is 0 Å². The predicted molar refractivity (Wildman–Crippen MR) is 76.2 cm³/mol. The number of rotatable bonds is 11. The van der Waals surface area contributed by atoms with Crippen LogP contribution in [0.15, 0.2) is 30.3 Å². The normalized spacial score (nSPS) is 13.4. The molecule has 0 aromatic heterocycles. The number of aldehydes is 1. The Labute approximate surface area is 120 Å². The highest BCUT2D eigenvalue weighted by molar-refractivity contribution is 5.57. The molecule has 0 bridgehead atoms. The van der Waals surface area contributed by atoms with Crippen molar-refractivity contribution >= 4 is 12.8 Å². The van der Waals surface area contributed by atoms with Crippen molar-refractivity contribution < 1.29 is 19.1 Å². The minimum Gasteiger partial charge on any atom is -0.461 e. The molecule has 20 heavy (non-hydrogen) atoms. The molecule has 0 heterocycles. The molecule has 2 atom stereocenters. The van der Waals surface area contributed by atoms with Crippen LogP contribution in [-0.4, -0.2) is 25.0 Å². The van der Waals surface area contributed by atoms with Gasteiger partial charge in [-0.05, 0) is 18.4 Å². The third-order valence-electron chi connectivity index (χ3n) is 3.11. The maximum Gasteiger partial charge on any atom is 0.293 e. The lowest BCUT2D eigenvalue weighted by molar-refractivity contribution is -0.147. The summed E-state index contributed by atoms with van der Waals surface area (Å²) in [6.45, 7) is 2.81. The Morgan fingerprint density at radius 2 is 1.90 bits per heavy atom. The average molecular weight is 278 g/mol. The molecule has 0 fully saturated rings. The first-order valence-corrected chi connectivity index (χ1v) is 7.01. The van der Waals surface area contributed by atoms with Gasteiger partial charge in [0.25, 0.3) is 6.47 Å². The molecule has 4 nitrogen and oxygen atoms in total. The first-order chi connectivity index (χ1) is 9.81. The van der Waals surface area contributed by atoms with Crippen LogP contribution >= 0.6 is 0 Å². The third-order valence-corrected chi connectivity index (χ3v) is 3.11. The summed E-state index contributed by atoms with van der Waals surface area (Å²) in [5.41, 5.74) is 0.984. The lowest BCUT2D eigenvalue weighted by Crippen LogP contribution is -2.32. The van der Waals surface area contributed by atoms with Crippen molar-refractivity contribution in [3.63, 3.8) is 0 Å². The number of unbranched alkanes of at least 4 members (excludes halogenated alkanes) is 2. The van der Waals surface area contributed by atoms with Crippen LogP contribution in [0.4, 0.5) is 0 Å². The second kappa shape index (κ2) is 10.1. The van der Waals surface area contributed by atoms with E-state index in [2.05, 4.69) is 6.92 Å². The van der Waals surface area contributed by atoms with Crippen molar-refractivity contribution in [3.8, 4) is 0 Å². The second-order valence-electron chi connectivity index (χ2n) is 4.66. The van der Waals surface area contributed by atoms with Crippen molar-refractivity contribution in [2.75, 3.05) is 0 Å². The molecule has 1 aromatic rings. The van der Waals surface area contributed by atoms with Crippen LogP contribution in [0.1, 0.15) is 38.2 Å². The standard InChI is InChI=1S/C16H22O4/c1-2-3-5-10-15(20-13-18)16(11-17)19-12-14-8-6-4-7-9-14/h4,6-9,11,13,15-16H,2-3,5,10,12H2,1H3/t15-,16+/m0/s1. The van der Waals surface area contributed by atoms with Gasteiger partial charge in [0.1, 0.15) is 12.2 Å². The lowest BCUT2D eigenvalue weighted by atomic mass is 10.1. The van der Waals surface area contributed by atoms with Crippen LogP contribution < -0.4 is 0 Å². The summed E-state index contributed by atoms with van der Waals surface area (Å²) < 4.78 is 10.6. The van der Waals surface area contributed by atoms with Gasteiger partial charge < -0.3 is 14.3 Å². The molecule has 0 amide bonds. The van der Waals surface area contributed by atoms with Crippen LogP contribution in [0.5, 0.6) is 0 Å². The predicted octanol–water partition coefficient (Wildman–Crippen LogP) is 2.89. The fraction of sp³-hybridized carbons (Fsp3) is 0.500. The Bertz CT molecular complexity index is 377. The van der Waals surface area contributed by atoms with E-state index in [1.54, 1.807) is 0 Å². The van der Waals surface area contributed by atoms with E-state index in [9.17, 15) is 9.59 Å². The Kier molecular flexibility index (Phi) is 8.31. The van der Waals surface area contributed by atoms with Crippen molar-refractivity contribution in [1.29, 1.82) is 0 Å². The summed E-state index contributed by atoms with van der Waals surface area (Å²) >= 11 is 0. The molecule has 0 N–H and O–H groups in total. The summed E-state index contributed by atoms with van der Waals surface area (Å²) in [7, 11) is 0. The molecule has 0 saturated carbocycles. The highest BCUT2D eigenvalue weighted by Gasteiger charge is 2.22. The van der Waals surface area contributed by atoms with E-state index in [-0.39, 0.29) is 0 Å². The van der Waals surface area contributed by atoms with Crippen molar-refractivity contribution in [2.24, 2.45) is 0 Å². The molecule has 0 saturated heterocycles. The molecule has 0 radical (unpaired) electrons. The van der Waals surface area contributed by atoms with Crippen LogP contribution in [0.3, 0.4) is 0 Å². The van der Waals surface area contributed by atoms with Crippen LogP contribution in [0.25, 0.3) is 0 Å². The van der Waals surface area contributed by atoms with Crippen LogP contribution in [-0.2, 0) is 25.7 Å². The smallest absolute Gasteiger partial charge is 0.293 e. The highest BCUT2D eigenvalue weighted by Crippen LogP contribution is 2.13. The molecule has 4 heteroatoms. The summed E-state index contributed by atoms with van der Waals surface area (Å²) in [6.07, 6.45) is 3.17.